The summed E-state index contributed by atoms with van der Waals surface area (Å²) >= 11 is 0. The van der Waals surface area contributed by atoms with Gasteiger partial charge in [-0.15, -0.1) is 0 Å². The average Bonchev–Trinajstić information content (AvgIpc) is 3.01. The summed E-state index contributed by atoms with van der Waals surface area (Å²) in [6.07, 6.45) is 2.74. The van der Waals surface area contributed by atoms with E-state index in [9.17, 15) is 0 Å². The molecule has 1 heterocycles. The minimum absolute atomic E-state index is 0.175. The molecule has 4 heteroatoms. The molecule has 0 aliphatic heterocycles. The highest BCUT2D eigenvalue weighted by atomic mass is 16.5. The fourth-order valence-electron chi connectivity index (χ4n) is 2.86. The van der Waals surface area contributed by atoms with Crippen molar-refractivity contribution in [1.29, 1.82) is 0 Å². The van der Waals surface area contributed by atoms with Gasteiger partial charge in [0.1, 0.15) is 0 Å². The Hall–Kier alpha value is -1.68. The van der Waals surface area contributed by atoms with Crippen molar-refractivity contribution in [1.82, 2.24) is 10.1 Å². The molecule has 1 unspecified atom stereocenters. The van der Waals surface area contributed by atoms with E-state index >= 15 is 0 Å². The van der Waals surface area contributed by atoms with Crippen LogP contribution in [0.3, 0.4) is 0 Å². The molecule has 0 aliphatic carbocycles. The van der Waals surface area contributed by atoms with Gasteiger partial charge in [-0.05, 0) is 31.4 Å². The number of hydrogen-bond donors (Lipinski definition) is 1. The molecule has 2 rings (SSSR count). The molecule has 0 bridgehead atoms. The predicted octanol–water partition coefficient (Wildman–Crippen LogP) is 3.63. The molecule has 114 valence electrons. The summed E-state index contributed by atoms with van der Waals surface area (Å²) in [7, 11) is 0. The van der Waals surface area contributed by atoms with Crippen LogP contribution in [0.5, 0.6) is 0 Å². The van der Waals surface area contributed by atoms with Crippen LogP contribution in [0, 0.1) is 0 Å². The van der Waals surface area contributed by atoms with E-state index in [0.717, 1.165) is 25.1 Å². The third kappa shape index (κ3) is 3.00. The van der Waals surface area contributed by atoms with Crippen LogP contribution in [0.25, 0.3) is 0 Å². The van der Waals surface area contributed by atoms with E-state index in [1.54, 1.807) is 0 Å². The fourth-order valence-corrected chi connectivity index (χ4v) is 2.86. The highest BCUT2D eigenvalue weighted by Gasteiger charge is 2.35. The van der Waals surface area contributed by atoms with E-state index in [4.69, 9.17) is 10.3 Å². The molecule has 0 radical (unpaired) electrons. The van der Waals surface area contributed by atoms with E-state index < -0.39 is 0 Å². The molecule has 0 saturated carbocycles. The molecule has 1 aromatic heterocycles. The van der Waals surface area contributed by atoms with Crippen molar-refractivity contribution >= 4 is 0 Å². The van der Waals surface area contributed by atoms with Gasteiger partial charge in [-0.3, -0.25) is 0 Å². The van der Waals surface area contributed by atoms with Crippen LogP contribution in [-0.2, 0) is 5.41 Å². The Kier molecular flexibility index (Phi) is 5.12. The molecule has 1 atom stereocenters. The van der Waals surface area contributed by atoms with Gasteiger partial charge in [0.25, 0.3) is 0 Å². The zero-order chi connectivity index (χ0) is 15.3. The first-order valence-electron chi connectivity index (χ1n) is 7.77. The van der Waals surface area contributed by atoms with Crippen molar-refractivity contribution in [3.05, 3.63) is 47.6 Å². The van der Waals surface area contributed by atoms with Crippen LogP contribution in [0.15, 0.2) is 34.9 Å². The van der Waals surface area contributed by atoms with E-state index in [1.807, 2.05) is 6.07 Å². The summed E-state index contributed by atoms with van der Waals surface area (Å²) in [6.45, 7) is 7.06. The fraction of sp³-hybridized carbons (Fsp3) is 0.529. The SMILES string of the molecule is CCC(CC)(c1ccccc1)c1noc(C(C)CCN)n1. The summed E-state index contributed by atoms with van der Waals surface area (Å²) in [4.78, 5) is 4.69. The Balaban J connectivity index is 2.40. The Morgan fingerprint density at radius 1 is 1.19 bits per heavy atom. The molecular formula is C17H25N3O. The summed E-state index contributed by atoms with van der Waals surface area (Å²) in [5.74, 6) is 1.69. The number of nitrogens with zero attached hydrogens (tertiary/aromatic N) is 2. The molecule has 2 N–H and O–H groups in total. The van der Waals surface area contributed by atoms with Crippen molar-refractivity contribution in [3.8, 4) is 0 Å². The molecule has 2 aromatic rings. The van der Waals surface area contributed by atoms with Gasteiger partial charge in [0.2, 0.25) is 5.89 Å². The summed E-state index contributed by atoms with van der Waals surface area (Å²) in [5.41, 5.74) is 6.68. The second-order valence-electron chi connectivity index (χ2n) is 5.59. The molecule has 21 heavy (non-hydrogen) atoms. The lowest BCUT2D eigenvalue weighted by Gasteiger charge is -2.28. The van der Waals surface area contributed by atoms with Crippen LogP contribution in [0.1, 0.15) is 63.2 Å². The highest BCUT2D eigenvalue weighted by Crippen LogP contribution is 2.37. The maximum absolute atomic E-state index is 5.61. The van der Waals surface area contributed by atoms with E-state index in [1.165, 1.54) is 5.56 Å². The third-order valence-electron chi connectivity index (χ3n) is 4.42. The summed E-state index contributed by atoms with van der Waals surface area (Å²) in [5, 5.41) is 4.28. The Labute approximate surface area is 126 Å². The first-order chi connectivity index (χ1) is 10.2. The van der Waals surface area contributed by atoms with Crippen LogP contribution >= 0.6 is 0 Å². The maximum atomic E-state index is 5.61. The number of benzene rings is 1. The smallest absolute Gasteiger partial charge is 0.229 e. The highest BCUT2D eigenvalue weighted by molar-refractivity contribution is 5.32. The van der Waals surface area contributed by atoms with Crippen LogP contribution in [0.4, 0.5) is 0 Å². The van der Waals surface area contributed by atoms with Crippen molar-refractivity contribution < 1.29 is 4.52 Å². The van der Waals surface area contributed by atoms with E-state index in [2.05, 4.69) is 55.2 Å². The lowest BCUT2D eigenvalue weighted by Crippen LogP contribution is -2.27. The molecular weight excluding hydrogens is 262 g/mol. The molecule has 0 saturated heterocycles. The molecule has 4 nitrogen and oxygen atoms in total. The molecule has 0 fully saturated rings. The average molecular weight is 287 g/mol. The van der Waals surface area contributed by atoms with Crippen LogP contribution in [-0.4, -0.2) is 16.7 Å². The number of aromatic nitrogens is 2. The van der Waals surface area contributed by atoms with Crippen LogP contribution < -0.4 is 5.73 Å². The van der Waals surface area contributed by atoms with Gasteiger partial charge in [0.15, 0.2) is 5.82 Å². The topological polar surface area (TPSA) is 64.9 Å². The second kappa shape index (κ2) is 6.85. The van der Waals surface area contributed by atoms with Gasteiger partial charge in [-0.25, -0.2) is 0 Å². The number of hydrogen-bond acceptors (Lipinski definition) is 4. The third-order valence-corrected chi connectivity index (χ3v) is 4.42. The monoisotopic (exact) mass is 287 g/mol. The van der Waals surface area contributed by atoms with E-state index in [0.29, 0.717) is 12.4 Å². The lowest BCUT2D eigenvalue weighted by molar-refractivity contribution is 0.338. The van der Waals surface area contributed by atoms with Gasteiger partial charge in [-0.1, -0.05) is 56.3 Å². The van der Waals surface area contributed by atoms with E-state index in [-0.39, 0.29) is 11.3 Å². The quantitative estimate of drug-likeness (QED) is 0.844. The standard InChI is InChI=1S/C17H25N3O/c1-4-17(5-2,14-9-7-6-8-10-14)16-19-15(21-20-16)13(3)11-12-18/h6-10,13H,4-5,11-12,18H2,1-3H3. The predicted molar refractivity (Wildman–Crippen MR) is 84.2 cm³/mol. The Morgan fingerprint density at radius 2 is 1.86 bits per heavy atom. The first kappa shape index (κ1) is 15.7. The van der Waals surface area contributed by atoms with Crippen molar-refractivity contribution in [2.24, 2.45) is 5.73 Å². The number of rotatable bonds is 7. The molecule has 1 aromatic carbocycles. The molecule has 0 amide bonds. The normalized spacial score (nSPS) is 13.3. The van der Waals surface area contributed by atoms with Crippen LogP contribution in [0.2, 0.25) is 0 Å². The molecule has 0 spiro atoms. The number of nitrogens with two attached hydrogens (primary N) is 1. The zero-order valence-electron chi connectivity index (χ0n) is 13.2. The second-order valence-corrected chi connectivity index (χ2v) is 5.59. The van der Waals surface area contributed by atoms with Gasteiger partial charge in [0, 0.05) is 5.92 Å². The van der Waals surface area contributed by atoms with Gasteiger partial charge < -0.3 is 10.3 Å². The largest absolute Gasteiger partial charge is 0.339 e. The van der Waals surface area contributed by atoms with Gasteiger partial charge >= 0.3 is 0 Å². The molecule has 0 aliphatic rings. The van der Waals surface area contributed by atoms with Gasteiger partial charge in [0.05, 0.1) is 5.41 Å². The van der Waals surface area contributed by atoms with Gasteiger partial charge in [-0.2, -0.15) is 4.98 Å². The maximum Gasteiger partial charge on any atom is 0.229 e. The first-order valence-corrected chi connectivity index (χ1v) is 7.77. The minimum Gasteiger partial charge on any atom is -0.339 e. The lowest BCUT2D eigenvalue weighted by atomic mass is 9.75. The summed E-state index contributed by atoms with van der Waals surface area (Å²) < 4.78 is 5.49. The van der Waals surface area contributed by atoms with Crippen molar-refractivity contribution in [3.63, 3.8) is 0 Å². The Bertz CT molecular complexity index is 546. The summed E-state index contributed by atoms with van der Waals surface area (Å²) in [6, 6.07) is 10.4. The van der Waals surface area contributed by atoms with Crippen molar-refractivity contribution in [2.75, 3.05) is 6.54 Å². The minimum atomic E-state index is -0.175. The zero-order valence-corrected chi connectivity index (χ0v) is 13.2. The van der Waals surface area contributed by atoms with Crippen molar-refractivity contribution in [2.45, 2.75) is 51.4 Å². The Morgan fingerprint density at radius 3 is 2.43 bits per heavy atom.